The number of carbonyl (C=O) groups is 1. The van der Waals surface area contributed by atoms with Gasteiger partial charge in [0.05, 0.1) is 13.0 Å². The van der Waals surface area contributed by atoms with Gasteiger partial charge in [-0.15, -0.1) is 0 Å². The van der Waals surface area contributed by atoms with Crippen molar-refractivity contribution in [3.63, 3.8) is 0 Å². The molecule has 1 amide bonds. The summed E-state index contributed by atoms with van der Waals surface area (Å²) in [6.45, 7) is 3.34. The molecule has 64 valence electrons. The maximum absolute atomic E-state index is 11.1. The molecule has 12 heavy (non-hydrogen) atoms. The number of hydrogen-bond acceptors (Lipinski definition) is 4. The molecule has 0 unspecified atom stereocenters. The number of amides is 1. The van der Waals surface area contributed by atoms with E-state index in [2.05, 4.69) is 27.0 Å². The van der Waals surface area contributed by atoms with E-state index in [9.17, 15) is 4.79 Å². The summed E-state index contributed by atoms with van der Waals surface area (Å²) in [6, 6.07) is 0. The summed E-state index contributed by atoms with van der Waals surface area (Å²) in [5.74, 6) is -0.0571. The molecule has 0 atom stereocenters. The lowest BCUT2D eigenvalue weighted by atomic mass is 10.4. The molecule has 0 aromatic carbocycles. The Morgan fingerprint density at radius 3 is 3.25 bits per heavy atom. The number of nitrogens with zero attached hydrogens (tertiary/aromatic N) is 2. The van der Waals surface area contributed by atoms with Crippen molar-refractivity contribution < 1.29 is 4.79 Å². The number of hydrogen-bond donors (Lipinski definition) is 3. The number of nitrogens with one attached hydrogen (secondary N) is 2. The second-order valence-corrected chi connectivity index (χ2v) is 1.97. The van der Waals surface area contributed by atoms with Gasteiger partial charge in [-0.2, -0.15) is 0 Å². The number of rotatable bonds is 3. The molecule has 0 spiro atoms. The molecule has 0 saturated carbocycles. The quantitative estimate of drug-likeness (QED) is 0.413. The van der Waals surface area contributed by atoms with Crippen molar-refractivity contribution in [2.24, 2.45) is 10.7 Å². The van der Waals surface area contributed by atoms with Gasteiger partial charge in [0.2, 0.25) is 0 Å². The van der Waals surface area contributed by atoms with Gasteiger partial charge in [0, 0.05) is 0 Å². The molecule has 0 aliphatic carbocycles. The fourth-order valence-electron chi connectivity index (χ4n) is 0.755. The SMILES string of the molecule is C=Nc1nc[nH]c1C(=O)NCN. The molecule has 1 rings (SSSR count). The van der Waals surface area contributed by atoms with Crippen molar-refractivity contribution in [1.29, 1.82) is 0 Å². The molecule has 1 aromatic heterocycles. The van der Waals surface area contributed by atoms with Gasteiger partial charge >= 0.3 is 0 Å². The first-order chi connectivity index (χ1) is 5.79. The van der Waals surface area contributed by atoms with E-state index in [0.717, 1.165) is 0 Å². The number of aromatic nitrogens is 2. The zero-order valence-corrected chi connectivity index (χ0v) is 6.37. The fourth-order valence-corrected chi connectivity index (χ4v) is 0.755. The number of aromatic amines is 1. The van der Waals surface area contributed by atoms with E-state index in [1.54, 1.807) is 0 Å². The molecule has 1 heterocycles. The normalized spacial score (nSPS) is 9.42. The molecule has 1 aromatic rings. The highest BCUT2D eigenvalue weighted by Gasteiger charge is 2.11. The Balaban J connectivity index is 2.86. The molecule has 6 heteroatoms. The molecule has 6 nitrogen and oxygen atoms in total. The van der Waals surface area contributed by atoms with E-state index < -0.39 is 0 Å². The van der Waals surface area contributed by atoms with E-state index >= 15 is 0 Å². The minimum absolute atomic E-state index is 0.0778. The number of nitrogens with two attached hydrogens (primary N) is 1. The second-order valence-electron chi connectivity index (χ2n) is 1.97. The molecule has 0 aliphatic rings. The van der Waals surface area contributed by atoms with Crippen LogP contribution in [0.4, 0.5) is 5.82 Å². The highest BCUT2D eigenvalue weighted by molar-refractivity contribution is 5.96. The van der Waals surface area contributed by atoms with Gasteiger partial charge in [0.15, 0.2) is 11.5 Å². The first kappa shape index (κ1) is 8.41. The van der Waals surface area contributed by atoms with E-state index in [-0.39, 0.29) is 24.1 Å². The lowest BCUT2D eigenvalue weighted by Crippen LogP contribution is -2.29. The standard InChI is InChI=1S/C6H9N5O/c1-8-5-4(10-3-11-5)6(12)9-2-7/h3H,1-2,7H2,(H,9,12)(H,10,11). The predicted octanol–water partition coefficient (Wildman–Crippen LogP) is -0.612. The van der Waals surface area contributed by atoms with Crippen LogP contribution in [0.3, 0.4) is 0 Å². The van der Waals surface area contributed by atoms with Gasteiger partial charge in [-0.25, -0.2) is 9.98 Å². The van der Waals surface area contributed by atoms with Crippen LogP contribution < -0.4 is 11.1 Å². The minimum Gasteiger partial charge on any atom is -0.339 e. The van der Waals surface area contributed by atoms with E-state index in [1.165, 1.54) is 6.33 Å². The van der Waals surface area contributed by atoms with Gasteiger partial charge in [0.25, 0.3) is 5.91 Å². The van der Waals surface area contributed by atoms with Crippen LogP contribution in [0.2, 0.25) is 0 Å². The van der Waals surface area contributed by atoms with Crippen molar-refractivity contribution in [1.82, 2.24) is 15.3 Å². The van der Waals surface area contributed by atoms with E-state index in [4.69, 9.17) is 5.73 Å². The monoisotopic (exact) mass is 167 g/mol. The first-order valence-electron chi connectivity index (χ1n) is 3.28. The van der Waals surface area contributed by atoms with Gasteiger partial charge in [-0.05, 0) is 6.72 Å². The van der Waals surface area contributed by atoms with Crippen molar-refractivity contribution in [2.45, 2.75) is 0 Å². The third-order valence-electron chi connectivity index (χ3n) is 1.26. The van der Waals surface area contributed by atoms with E-state index in [0.29, 0.717) is 0 Å². The van der Waals surface area contributed by atoms with Gasteiger partial charge < -0.3 is 16.0 Å². The molecular formula is C6H9N5O. The fraction of sp³-hybridized carbons (Fsp3) is 0.167. The Labute approximate surface area is 68.9 Å². The summed E-state index contributed by atoms with van der Waals surface area (Å²) in [5.41, 5.74) is 5.39. The summed E-state index contributed by atoms with van der Waals surface area (Å²) in [5, 5.41) is 2.40. The zero-order valence-electron chi connectivity index (χ0n) is 6.37. The summed E-state index contributed by atoms with van der Waals surface area (Å²) < 4.78 is 0. The second kappa shape index (κ2) is 3.63. The van der Waals surface area contributed by atoms with Crippen LogP contribution in [0.25, 0.3) is 0 Å². The summed E-state index contributed by atoms with van der Waals surface area (Å²) in [4.78, 5) is 21.1. The molecule has 4 N–H and O–H groups in total. The van der Waals surface area contributed by atoms with Crippen molar-refractivity contribution in [3.8, 4) is 0 Å². The molecular weight excluding hydrogens is 158 g/mol. The number of H-pyrrole nitrogens is 1. The van der Waals surface area contributed by atoms with Crippen LogP contribution in [0.1, 0.15) is 10.5 Å². The minimum atomic E-state index is -0.336. The molecule has 0 saturated heterocycles. The van der Waals surface area contributed by atoms with Crippen molar-refractivity contribution in [2.75, 3.05) is 6.67 Å². The molecule has 0 aliphatic heterocycles. The van der Waals surface area contributed by atoms with E-state index in [1.807, 2.05) is 0 Å². The lowest BCUT2D eigenvalue weighted by molar-refractivity contribution is 0.0951. The molecule has 0 bridgehead atoms. The number of aliphatic imine (C=N–C) groups is 1. The number of imidazole rings is 1. The van der Waals surface area contributed by atoms with Gasteiger partial charge in [0.1, 0.15) is 0 Å². The van der Waals surface area contributed by atoms with Crippen LogP contribution in [0.5, 0.6) is 0 Å². The highest BCUT2D eigenvalue weighted by atomic mass is 16.2. The Bertz CT molecular complexity index is 292. The van der Waals surface area contributed by atoms with Gasteiger partial charge in [-0.1, -0.05) is 0 Å². The van der Waals surface area contributed by atoms with Crippen molar-refractivity contribution in [3.05, 3.63) is 12.0 Å². The zero-order chi connectivity index (χ0) is 8.97. The van der Waals surface area contributed by atoms with Crippen molar-refractivity contribution >= 4 is 18.4 Å². The first-order valence-corrected chi connectivity index (χ1v) is 3.28. The lowest BCUT2D eigenvalue weighted by Gasteiger charge is -1.98. The third kappa shape index (κ3) is 1.48. The average Bonchev–Trinajstić information content (AvgIpc) is 2.51. The maximum atomic E-state index is 11.1. The van der Waals surface area contributed by atoms with Gasteiger partial charge in [-0.3, -0.25) is 4.79 Å². The average molecular weight is 167 g/mol. The maximum Gasteiger partial charge on any atom is 0.272 e. The van der Waals surface area contributed by atoms with Crippen LogP contribution in [-0.4, -0.2) is 29.3 Å². The Morgan fingerprint density at radius 1 is 1.92 bits per heavy atom. The number of carbonyl (C=O) groups excluding carboxylic acids is 1. The Morgan fingerprint density at radius 2 is 2.67 bits per heavy atom. The highest BCUT2D eigenvalue weighted by Crippen LogP contribution is 2.11. The van der Waals surface area contributed by atoms with Crippen LogP contribution in [0, 0.1) is 0 Å². The largest absolute Gasteiger partial charge is 0.339 e. The smallest absolute Gasteiger partial charge is 0.272 e. The topological polar surface area (TPSA) is 96.2 Å². The summed E-state index contributed by atoms with van der Waals surface area (Å²) in [6.07, 6.45) is 1.37. The van der Waals surface area contributed by atoms with Crippen LogP contribution in [-0.2, 0) is 0 Å². The molecule has 0 radical (unpaired) electrons. The predicted molar refractivity (Wildman–Crippen MR) is 44.3 cm³/mol. The summed E-state index contributed by atoms with van der Waals surface area (Å²) >= 11 is 0. The Kier molecular flexibility index (Phi) is 2.54. The molecule has 0 fully saturated rings. The third-order valence-corrected chi connectivity index (χ3v) is 1.26. The van der Waals surface area contributed by atoms with Crippen LogP contribution in [0.15, 0.2) is 11.3 Å². The Hall–Kier alpha value is -1.69. The van der Waals surface area contributed by atoms with Crippen LogP contribution >= 0.6 is 0 Å². The summed E-state index contributed by atoms with van der Waals surface area (Å²) in [7, 11) is 0.